The molecule has 2 aromatic rings. The lowest BCUT2D eigenvalue weighted by molar-refractivity contribution is 0.0342. The molecule has 2 aliphatic heterocycles. The highest BCUT2D eigenvalue weighted by molar-refractivity contribution is 6.07. The molecular formula is C21H24N2O2. The molecule has 0 aromatic heterocycles. The van der Waals surface area contributed by atoms with Crippen LogP contribution in [0.15, 0.2) is 48.5 Å². The largest absolute Gasteiger partial charge is 0.379 e. The average Bonchev–Trinajstić information content (AvgIpc) is 2.98. The fraction of sp³-hybridized carbons (Fsp3) is 0.381. The Hall–Kier alpha value is -2.17. The normalized spacial score (nSPS) is 20.5. The van der Waals surface area contributed by atoms with Crippen molar-refractivity contribution in [1.29, 1.82) is 0 Å². The van der Waals surface area contributed by atoms with Crippen LogP contribution in [-0.4, -0.2) is 43.2 Å². The predicted molar refractivity (Wildman–Crippen MR) is 99.0 cm³/mol. The van der Waals surface area contributed by atoms with Crippen molar-refractivity contribution in [2.45, 2.75) is 25.9 Å². The molecule has 0 saturated carbocycles. The van der Waals surface area contributed by atoms with Gasteiger partial charge in [0.05, 0.1) is 13.2 Å². The summed E-state index contributed by atoms with van der Waals surface area (Å²) in [5.74, 6) is 0.0929. The molecule has 1 amide bonds. The lowest BCUT2D eigenvalue weighted by Crippen LogP contribution is -2.36. The second kappa shape index (κ2) is 6.98. The van der Waals surface area contributed by atoms with Crippen LogP contribution in [0.2, 0.25) is 0 Å². The van der Waals surface area contributed by atoms with E-state index in [1.54, 1.807) is 0 Å². The highest BCUT2D eigenvalue weighted by atomic mass is 16.5. The third kappa shape index (κ3) is 3.32. The smallest absolute Gasteiger partial charge is 0.258 e. The van der Waals surface area contributed by atoms with E-state index in [1.165, 1.54) is 11.1 Å². The van der Waals surface area contributed by atoms with Gasteiger partial charge in [0, 0.05) is 36.9 Å². The number of rotatable bonds is 3. The van der Waals surface area contributed by atoms with E-state index in [4.69, 9.17) is 4.74 Å². The van der Waals surface area contributed by atoms with Gasteiger partial charge >= 0.3 is 0 Å². The number of carbonyl (C=O) groups is 1. The number of carbonyl (C=O) groups excluding carboxylic acids is 1. The van der Waals surface area contributed by atoms with Gasteiger partial charge in [-0.2, -0.15) is 0 Å². The van der Waals surface area contributed by atoms with E-state index in [9.17, 15) is 4.79 Å². The Morgan fingerprint density at radius 3 is 2.56 bits per heavy atom. The molecule has 25 heavy (non-hydrogen) atoms. The summed E-state index contributed by atoms with van der Waals surface area (Å²) in [5.41, 5.74) is 4.31. The molecule has 1 saturated heterocycles. The molecule has 0 aliphatic carbocycles. The van der Waals surface area contributed by atoms with Crippen LogP contribution in [0, 0.1) is 0 Å². The van der Waals surface area contributed by atoms with Crippen molar-refractivity contribution in [2.75, 3.05) is 31.2 Å². The summed E-state index contributed by atoms with van der Waals surface area (Å²) < 4.78 is 5.39. The third-order valence-electron chi connectivity index (χ3n) is 5.14. The van der Waals surface area contributed by atoms with E-state index >= 15 is 0 Å². The van der Waals surface area contributed by atoms with Crippen LogP contribution in [0.4, 0.5) is 5.69 Å². The number of morpholine rings is 1. The fourth-order valence-corrected chi connectivity index (χ4v) is 3.78. The van der Waals surface area contributed by atoms with Gasteiger partial charge in [0.25, 0.3) is 5.91 Å². The van der Waals surface area contributed by atoms with Crippen LogP contribution < -0.4 is 4.90 Å². The topological polar surface area (TPSA) is 32.8 Å². The zero-order chi connectivity index (χ0) is 17.2. The van der Waals surface area contributed by atoms with E-state index in [-0.39, 0.29) is 11.9 Å². The van der Waals surface area contributed by atoms with Crippen LogP contribution in [0.1, 0.15) is 28.4 Å². The van der Waals surface area contributed by atoms with Crippen molar-refractivity contribution in [2.24, 2.45) is 0 Å². The van der Waals surface area contributed by atoms with Gasteiger partial charge in [-0.1, -0.05) is 30.3 Å². The number of nitrogens with zero attached hydrogens (tertiary/aromatic N) is 2. The first-order valence-electron chi connectivity index (χ1n) is 9.03. The van der Waals surface area contributed by atoms with Gasteiger partial charge in [-0.05, 0) is 42.7 Å². The van der Waals surface area contributed by atoms with Gasteiger partial charge in [-0.25, -0.2) is 0 Å². The van der Waals surface area contributed by atoms with Crippen LogP contribution in [0.5, 0.6) is 0 Å². The molecule has 0 bridgehead atoms. The molecular weight excluding hydrogens is 312 g/mol. The van der Waals surface area contributed by atoms with E-state index in [1.807, 2.05) is 35.2 Å². The molecule has 1 fully saturated rings. The SMILES string of the molecule is C[C@H]1Cc2ccccc2N1C(=O)c1ccc(CN2CCOCC2)cc1. The summed E-state index contributed by atoms with van der Waals surface area (Å²) in [6.07, 6.45) is 0.928. The van der Waals surface area contributed by atoms with Crippen molar-refractivity contribution in [1.82, 2.24) is 4.90 Å². The molecule has 0 radical (unpaired) electrons. The molecule has 0 N–H and O–H groups in total. The summed E-state index contributed by atoms with van der Waals surface area (Å²) in [6.45, 7) is 6.60. The van der Waals surface area contributed by atoms with E-state index in [0.717, 1.165) is 50.5 Å². The Morgan fingerprint density at radius 2 is 1.80 bits per heavy atom. The minimum atomic E-state index is 0.0929. The first-order valence-corrected chi connectivity index (χ1v) is 9.03. The van der Waals surface area contributed by atoms with Gasteiger partial charge in [-0.15, -0.1) is 0 Å². The molecule has 1 atom stereocenters. The second-order valence-electron chi connectivity index (χ2n) is 6.94. The number of hydrogen-bond donors (Lipinski definition) is 0. The molecule has 4 nitrogen and oxygen atoms in total. The molecule has 2 aromatic carbocycles. The Morgan fingerprint density at radius 1 is 1.08 bits per heavy atom. The van der Waals surface area contributed by atoms with Crippen LogP contribution in [0.3, 0.4) is 0 Å². The van der Waals surface area contributed by atoms with Crippen molar-refractivity contribution in [3.63, 3.8) is 0 Å². The maximum Gasteiger partial charge on any atom is 0.258 e. The summed E-state index contributed by atoms with van der Waals surface area (Å²) >= 11 is 0. The fourth-order valence-electron chi connectivity index (χ4n) is 3.78. The molecule has 4 heteroatoms. The predicted octanol–water partition coefficient (Wildman–Crippen LogP) is 3.11. The van der Waals surface area contributed by atoms with Crippen molar-refractivity contribution >= 4 is 11.6 Å². The van der Waals surface area contributed by atoms with Gasteiger partial charge in [0.1, 0.15) is 0 Å². The first-order chi connectivity index (χ1) is 12.2. The number of fused-ring (bicyclic) bond motifs is 1. The minimum absolute atomic E-state index is 0.0929. The van der Waals surface area contributed by atoms with Gasteiger partial charge in [0.2, 0.25) is 0 Å². The lowest BCUT2D eigenvalue weighted by atomic mass is 10.1. The van der Waals surface area contributed by atoms with E-state index in [2.05, 4.69) is 30.0 Å². The van der Waals surface area contributed by atoms with E-state index in [0.29, 0.717) is 0 Å². The first kappa shape index (κ1) is 16.3. The summed E-state index contributed by atoms with van der Waals surface area (Å²) in [5, 5.41) is 0. The number of benzene rings is 2. The Kier molecular flexibility index (Phi) is 4.55. The standard InChI is InChI=1S/C21H24N2O2/c1-16-14-19-4-2-3-5-20(19)23(16)21(24)18-8-6-17(7-9-18)15-22-10-12-25-13-11-22/h2-9,16H,10-15H2,1H3/t16-/m0/s1. The van der Waals surface area contributed by atoms with Crippen LogP contribution in [-0.2, 0) is 17.7 Å². The highest BCUT2D eigenvalue weighted by Crippen LogP contribution is 2.33. The number of hydrogen-bond acceptors (Lipinski definition) is 3. The maximum absolute atomic E-state index is 13.0. The zero-order valence-corrected chi connectivity index (χ0v) is 14.6. The quantitative estimate of drug-likeness (QED) is 0.863. The molecule has 0 unspecified atom stereocenters. The van der Waals surface area contributed by atoms with Crippen molar-refractivity contribution in [3.8, 4) is 0 Å². The van der Waals surface area contributed by atoms with Gasteiger partial charge in [-0.3, -0.25) is 9.69 Å². The number of anilines is 1. The van der Waals surface area contributed by atoms with E-state index < -0.39 is 0 Å². The number of para-hydroxylation sites is 1. The summed E-state index contributed by atoms with van der Waals surface area (Å²) in [6, 6.07) is 16.5. The second-order valence-corrected chi connectivity index (χ2v) is 6.94. The Bertz CT molecular complexity index is 751. The Labute approximate surface area is 149 Å². The minimum Gasteiger partial charge on any atom is -0.379 e. The third-order valence-corrected chi connectivity index (χ3v) is 5.14. The zero-order valence-electron chi connectivity index (χ0n) is 14.6. The molecule has 2 aliphatic rings. The number of amides is 1. The molecule has 130 valence electrons. The average molecular weight is 336 g/mol. The molecule has 0 spiro atoms. The molecule has 4 rings (SSSR count). The van der Waals surface area contributed by atoms with Crippen molar-refractivity contribution in [3.05, 3.63) is 65.2 Å². The van der Waals surface area contributed by atoms with Crippen LogP contribution in [0.25, 0.3) is 0 Å². The lowest BCUT2D eigenvalue weighted by Gasteiger charge is -2.26. The maximum atomic E-state index is 13.0. The van der Waals surface area contributed by atoms with Gasteiger partial charge in [0.15, 0.2) is 0 Å². The molecule has 2 heterocycles. The van der Waals surface area contributed by atoms with Crippen molar-refractivity contribution < 1.29 is 9.53 Å². The Balaban J connectivity index is 1.49. The van der Waals surface area contributed by atoms with Gasteiger partial charge < -0.3 is 9.64 Å². The van der Waals surface area contributed by atoms with Crippen LogP contribution >= 0.6 is 0 Å². The highest BCUT2D eigenvalue weighted by Gasteiger charge is 2.31. The number of ether oxygens (including phenoxy) is 1. The summed E-state index contributed by atoms with van der Waals surface area (Å²) in [4.78, 5) is 17.3. The summed E-state index contributed by atoms with van der Waals surface area (Å²) in [7, 11) is 0. The monoisotopic (exact) mass is 336 g/mol.